The molecule has 0 atom stereocenters. The zero-order chi connectivity index (χ0) is 20.7. The Labute approximate surface area is 167 Å². The van der Waals surface area contributed by atoms with Crippen LogP contribution in [-0.4, -0.2) is 18.0 Å². The minimum absolute atomic E-state index is 0.0283. The number of rotatable bonds is 9. The molecule has 2 aromatic rings. The van der Waals surface area contributed by atoms with E-state index in [-0.39, 0.29) is 18.0 Å². The second kappa shape index (κ2) is 9.79. The molecule has 0 amide bonds. The molecular formula is C24H28O4. The fourth-order valence-corrected chi connectivity index (χ4v) is 2.51. The van der Waals surface area contributed by atoms with E-state index in [4.69, 9.17) is 14.2 Å². The lowest BCUT2D eigenvalue weighted by atomic mass is 10.1. The molecule has 0 saturated heterocycles. The van der Waals surface area contributed by atoms with Crippen LogP contribution in [0.1, 0.15) is 50.5 Å². The van der Waals surface area contributed by atoms with Gasteiger partial charge in [0.1, 0.15) is 17.2 Å². The van der Waals surface area contributed by atoms with Crippen molar-refractivity contribution in [1.82, 2.24) is 0 Å². The van der Waals surface area contributed by atoms with Crippen LogP contribution in [0.4, 0.5) is 0 Å². The van der Waals surface area contributed by atoms with Crippen LogP contribution in [0.15, 0.2) is 60.9 Å². The van der Waals surface area contributed by atoms with Gasteiger partial charge in [-0.3, -0.25) is 4.79 Å². The summed E-state index contributed by atoms with van der Waals surface area (Å²) >= 11 is 0. The lowest BCUT2D eigenvalue weighted by Gasteiger charge is -2.15. The Kier molecular flexibility index (Phi) is 7.44. The van der Waals surface area contributed by atoms with Gasteiger partial charge in [-0.1, -0.05) is 6.58 Å². The van der Waals surface area contributed by atoms with Gasteiger partial charge in [-0.25, -0.2) is 0 Å². The molecule has 0 radical (unpaired) electrons. The third-order valence-electron chi connectivity index (χ3n) is 3.56. The number of ketones is 1. The molecule has 0 saturated carbocycles. The Balaban J connectivity index is 2.22. The van der Waals surface area contributed by atoms with Crippen molar-refractivity contribution in [2.45, 2.75) is 46.8 Å². The topological polar surface area (TPSA) is 44.8 Å². The van der Waals surface area contributed by atoms with Crippen molar-refractivity contribution in [1.29, 1.82) is 0 Å². The van der Waals surface area contributed by atoms with Gasteiger partial charge >= 0.3 is 0 Å². The fraction of sp³-hybridized carbons (Fsp3) is 0.292. The van der Waals surface area contributed by atoms with Gasteiger partial charge in [0.2, 0.25) is 0 Å². The molecule has 0 aliphatic carbocycles. The van der Waals surface area contributed by atoms with Gasteiger partial charge in [-0.2, -0.15) is 0 Å². The molecule has 2 aromatic carbocycles. The Hall–Kier alpha value is -3.01. The van der Waals surface area contributed by atoms with Crippen molar-refractivity contribution in [2.75, 3.05) is 0 Å². The SMILES string of the molecule is C=C(C)Oc1ccc(C(=O)C=Cc2cc(OC(C)C)ccc2OC(C)C)cc1. The predicted octanol–water partition coefficient (Wildman–Crippen LogP) is 6.07. The van der Waals surface area contributed by atoms with Crippen molar-refractivity contribution in [3.8, 4) is 17.2 Å². The first-order chi connectivity index (χ1) is 13.2. The first kappa shape index (κ1) is 21.3. The molecule has 4 nitrogen and oxygen atoms in total. The van der Waals surface area contributed by atoms with E-state index in [1.165, 1.54) is 6.08 Å². The van der Waals surface area contributed by atoms with E-state index in [0.29, 0.717) is 22.8 Å². The lowest BCUT2D eigenvalue weighted by Crippen LogP contribution is -2.08. The summed E-state index contributed by atoms with van der Waals surface area (Å²) in [5.74, 6) is 2.59. The number of allylic oxidation sites excluding steroid dienone is 2. The minimum Gasteiger partial charge on any atom is -0.491 e. The Morgan fingerprint density at radius 2 is 1.54 bits per heavy atom. The van der Waals surface area contributed by atoms with Crippen LogP contribution in [0.3, 0.4) is 0 Å². The number of hydrogen-bond donors (Lipinski definition) is 0. The van der Waals surface area contributed by atoms with Crippen LogP contribution in [0.2, 0.25) is 0 Å². The normalized spacial score (nSPS) is 11.1. The van der Waals surface area contributed by atoms with Crippen LogP contribution in [0, 0.1) is 0 Å². The Bertz CT molecular complexity index is 845. The number of hydrogen-bond acceptors (Lipinski definition) is 4. The first-order valence-electron chi connectivity index (χ1n) is 9.38. The second-order valence-electron chi connectivity index (χ2n) is 7.06. The highest BCUT2D eigenvalue weighted by Gasteiger charge is 2.08. The quantitative estimate of drug-likeness (QED) is 0.301. The molecule has 0 bridgehead atoms. The summed E-state index contributed by atoms with van der Waals surface area (Å²) in [5.41, 5.74) is 1.37. The molecule has 0 unspecified atom stereocenters. The average molecular weight is 380 g/mol. The van der Waals surface area contributed by atoms with Crippen LogP contribution < -0.4 is 14.2 Å². The standard InChI is InChI=1S/C24H28O4/c1-16(2)26-21-10-7-19(8-11-21)23(25)13-9-20-15-22(27-17(3)4)12-14-24(20)28-18(5)6/h7-15,17-18H,1H2,2-6H3. The van der Waals surface area contributed by atoms with Gasteiger partial charge in [0.15, 0.2) is 5.78 Å². The van der Waals surface area contributed by atoms with Gasteiger partial charge in [0, 0.05) is 11.1 Å². The molecule has 0 aliphatic heterocycles. The van der Waals surface area contributed by atoms with Gasteiger partial charge in [0.25, 0.3) is 0 Å². The van der Waals surface area contributed by atoms with Gasteiger partial charge < -0.3 is 14.2 Å². The third-order valence-corrected chi connectivity index (χ3v) is 3.56. The molecule has 28 heavy (non-hydrogen) atoms. The molecule has 0 aliphatic rings. The molecule has 148 valence electrons. The average Bonchev–Trinajstić information content (AvgIpc) is 2.60. The summed E-state index contributed by atoms with van der Waals surface area (Å²) in [6, 6.07) is 12.6. The van der Waals surface area contributed by atoms with E-state index >= 15 is 0 Å². The van der Waals surface area contributed by atoms with Gasteiger partial charge in [0.05, 0.1) is 18.0 Å². The largest absolute Gasteiger partial charge is 0.491 e. The maximum atomic E-state index is 12.5. The number of benzene rings is 2. The molecule has 0 N–H and O–H groups in total. The summed E-state index contributed by atoms with van der Waals surface area (Å²) in [6.07, 6.45) is 3.39. The fourth-order valence-electron chi connectivity index (χ4n) is 2.51. The number of carbonyl (C=O) groups is 1. The highest BCUT2D eigenvalue weighted by atomic mass is 16.5. The zero-order valence-electron chi connectivity index (χ0n) is 17.2. The lowest BCUT2D eigenvalue weighted by molar-refractivity contribution is 0.104. The van der Waals surface area contributed by atoms with Gasteiger partial charge in [-0.05, 0) is 89.2 Å². The maximum Gasteiger partial charge on any atom is 0.185 e. The van der Waals surface area contributed by atoms with Crippen molar-refractivity contribution >= 4 is 11.9 Å². The summed E-state index contributed by atoms with van der Waals surface area (Å²) < 4.78 is 17.0. The predicted molar refractivity (Wildman–Crippen MR) is 113 cm³/mol. The molecule has 4 heteroatoms. The van der Waals surface area contributed by atoms with E-state index in [9.17, 15) is 4.79 Å². The Morgan fingerprint density at radius 1 is 0.929 bits per heavy atom. The van der Waals surface area contributed by atoms with Crippen LogP contribution in [-0.2, 0) is 0 Å². The van der Waals surface area contributed by atoms with E-state index in [0.717, 1.165) is 11.3 Å². The van der Waals surface area contributed by atoms with E-state index in [2.05, 4.69) is 6.58 Å². The maximum absolute atomic E-state index is 12.5. The Morgan fingerprint density at radius 3 is 2.11 bits per heavy atom. The first-order valence-corrected chi connectivity index (χ1v) is 9.38. The second-order valence-corrected chi connectivity index (χ2v) is 7.06. The van der Waals surface area contributed by atoms with E-state index < -0.39 is 0 Å². The number of carbonyl (C=O) groups excluding carboxylic acids is 1. The van der Waals surface area contributed by atoms with Crippen LogP contribution >= 0.6 is 0 Å². The van der Waals surface area contributed by atoms with Gasteiger partial charge in [-0.15, -0.1) is 0 Å². The molecule has 2 rings (SSSR count). The number of ether oxygens (including phenoxy) is 3. The van der Waals surface area contributed by atoms with E-state index in [1.54, 1.807) is 37.3 Å². The van der Waals surface area contributed by atoms with Crippen LogP contribution in [0.25, 0.3) is 6.08 Å². The summed E-state index contributed by atoms with van der Waals surface area (Å²) in [4.78, 5) is 12.5. The highest BCUT2D eigenvalue weighted by molar-refractivity contribution is 6.07. The summed E-state index contributed by atoms with van der Waals surface area (Å²) in [6.45, 7) is 13.3. The van der Waals surface area contributed by atoms with Crippen molar-refractivity contribution in [2.24, 2.45) is 0 Å². The monoisotopic (exact) mass is 380 g/mol. The van der Waals surface area contributed by atoms with Crippen molar-refractivity contribution < 1.29 is 19.0 Å². The molecule has 0 fully saturated rings. The van der Waals surface area contributed by atoms with Crippen LogP contribution in [0.5, 0.6) is 17.2 Å². The van der Waals surface area contributed by atoms with Crippen molar-refractivity contribution in [3.05, 3.63) is 72.0 Å². The molecule has 0 heterocycles. The summed E-state index contributed by atoms with van der Waals surface area (Å²) in [5, 5.41) is 0. The summed E-state index contributed by atoms with van der Waals surface area (Å²) in [7, 11) is 0. The molecule has 0 aromatic heterocycles. The molecular weight excluding hydrogens is 352 g/mol. The van der Waals surface area contributed by atoms with E-state index in [1.807, 2.05) is 45.9 Å². The van der Waals surface area contributed by atoms with Crippen molar-refractivity contribution in [3.63, 3.8) is 0 Å². The zero-order valence-corrected chi connectivity index (χ0v) is 17.2. The smallest absolute Gasteiger partial charge is 0.185 e. The molecule has 0 spiro atoms. The minimum atomic E-state index is -0.104. The highest BCUT2D eigenvalue weighted by Crippen LogP contribution is 2.27. The third kappa shape index (κ3) is 6.62.